The zero-order valence-corrected chi connectivity index (χ0v) is 15.7. The Morgan fingerprint density at radius 1 is 1.08 bits per heavy atom. The number of benzene rings is 1. The summed E-state index contributed by atoms with van der Waals surface area (Å²) in [4.78, 5) is 18.3. The number of aryl methyl sites for hydroxylation is 1. The molecule has 0 unspecified atom stereocenters. The fourth-order valence-corrected chi connectivity index (χ4v) is 3.47. The molecule has 0 saturated carbocycles. The Bertz CT molecular complexity index is 836. The van der Waals surface area contributed by atoms with E-state index in [0.717, 1.165) is 16.9 Å². The lowest BCUT2D eigenvalue weighted by Crippen LogP contribution is -2.30. The van der Waals surface area contributed by atoms with Crippen LogP contribution in [0, 0.1) is 0 Å². The molecule has 1 aromatic carbocycles. The third-order valence-electron chi connectivity index (χ3n) is 4.23. The molecular formula is C20H23N3OS. The molecule has 0 aliphatic carbocycles. The van der Waals surface area contributed by atoms with Crippen molar-refractivity contribution < 1.29 is 4.79 Å². The third kappa shape index (κ3) is 4.12. The van der Waals surface area contributed by atoms with E-state index in [1.807, 2.05) is 78.9 Å². The van der Waals surface area contributed by atoms with Crippen molar-refractivity contribution in [1.29, 1.82) is 0 Å². The van der Waals surface area contributed by atoms with E-state index < -0.39 is 0 Å². The SMILES string of the molecule is CN(C)c1cccc(C(=O)N(Cc2cccs2)Cc2cccn2C)c1. The Kier molecular flexibility index (Phi) is 5.24. The van der Waals surface area contributed by atoms with E-state index in [-0.39, 0.29) is 5.91 Å². The molecule has 0 bridgehead atoms. The quantitative estimate of drug-likeness (QED) is 0.670. The van der Waals surface area contributed by atoms with Gasteiger partial charge in [0.25, 0.3) is 5.91 Å². The summed E-state index contributed by atoms with van der Waals surface area (Å²) in [6.45, 7) is 1.21. The number of thiophene rings is 1. The van der Waals surface area contributed by atoms with Crippen LogP contribution in [-0.4, -0.2) is 29.5 Å². The van der Waals surface area contributed by atoms with Gasteiger partial charge in [-0.1, -0.05) is 12.1 Å². The Labute approximate surface area is 152 Å². The fourth-order valence-electron chi connectivity index (χ4n) is 2.75. The van der Waals surface area contributed by atoms with Gasteiger partial charge in [-0.15, -0.1) is 11.3 Å². The Morgan fingerprint density at radius 2 is 1.92 bits per heavy atom. The van der Waals surface area contributed by atoms with Crippen LogP contribution in [0.5, 0.6) is 0 Å². The van der Waals surface area contributed by atoms with E-state index in [0.29, 0.717) is 13.1 Å². The summed E-state index contributed by atoms with van der Waals surface area (Å²) in [5, 5.41) is 2.05. The number of carbonyl (C=O) groups is 1. The molecule has 2 heterocycles. The highest BCUT2D eigenvalue weighted by Gasteiger charge is 2.18. The Balaban J connectivity index is 1.88. The maximum Gasteiger partial charge on any atom is 0.254 e. The van der Waals surface area contributed by atoms with Crippen molar-refractivity contribution in [3.63, 3.8) is 0 Å². The van der Waals surface area contributed by atoms with E-state index in [1.165, 1.54) is 4.88 Å². The summed E-state index contributed by atoms with van der Waals surface area (Å²) < 4.78 is 2.06. The molecule has 1 amide bonds. The molecule has 25 heavy (non-hydrogen) atoms. The predicted octanol–water partition coefficient (Wildman–Crippen LogP) is 4.00. The topological polar surface area (TPSA) is 28.5 Å². The van der Waals surface area contributed by atoms with Gasteiger partial charge in [-0.25, -0.2) is 0 Å². The molecule has 4 nitrogen and oxygen atoms in total. The molecule has 0 spiro atoms. The monoisotopic (exact) mass is 353 g/mol. The van der Waals surface area contributed by atoms with Crippen molar-refractivity contribution in [2.24, 2.45) is 7.05 Å². The molecule has 5 heteroatoms. The van der Waals surface area contributed by atoms with Crippen LogP contribution in [0.1, 0.15) is 20.9 Å². The number of aromatic nitrogens is 1. The Morgan fingerprint density at radius 3 is 2.56 bits per heavy atom. The maximum atomic E-state index is 13.2. The lowest BCUT2D eigenvalue weighted by atomic mass is 10.1. The molecule has 0 fully saturated rings. The first-order valence-electron chi connectivity index (χ1n) is 8.24. The number of amides is 1. The van der Waals surface area contributed by atoms with Gasteiger partial charge in [-0.05, 0) is 41.8 Å². The lowest BCUT2D eigenvalue weighted by molar-refractivity contribution is 0.0728. The van der Waals surface area contributed by atoms with Crippen molar-refractivity contribution in [1.82, 2.24) is 9.47 Å². The molecule has 0 radical (unpaired) electrons. The summed E-state index contributed by atoms with van der Waals surface area (Å²) in [5.41, 5.74) is 2.87. The van der Waals surface area contributed by atoms with Gasteiger partial charge in [0.05, 0.1) is 13.1 Å². The number of rotatable bonds is 6. The molecule has 3 aromatic rings. The molecule has 130 valence electrons. The van der Waals surface area contributed by atoms with Crippen LogP contribution < -0.4 is 4.90 Å². The van der Waals surface area contributed by atoms with Crippen molar-refractivity contribution in [2.75, 3.05) is 19.0 Å². The van der Waals surface area contributed by atoms with Gasteiger partial charge in [0.15, 0.2) is 0 Å². The van der Waals surface area contributed by atoms with E-state index >= 15 is 0 Å². The first-order valence-corrected chi connectivity index (χ1v) is 9.12. The zero-order valence-electron chi connectivity index (χ0n) is 14.8. The number of nitrogens with zero attached hydrogens (tertiary/aromatic N) is 3. The number of anilines is 1. The van der Waals surface area contributed by atoms with E-state index in [1.54, 1.807) is 11.3 Å². The van der Waals surface area contributed by atoms with Crippen molar-refractivity contribution >= 4 is 22.9 Å². The fraction of sp³-hybridized carbons (Fsp3) is 0.250. The second kappa shape index (κ2) is 7.57. The largest absolute Gasteiger partial charge is 0.378 e. The number of hydrogen-bond acceptors (Lipinski definition) is 3. The van der Waals surface area contributed by atoms with Gasteiger partial charge in [0.2, 0.25) is 0 Å². The van der Waals surface area contributed by atoms with Crippen LogP contribution in [0.3, 0.4) is 0 Å². The second-order valence-corrected chi connectivity index (χ2v) is 7.33. The third-order valence-corrected chi connectivity index (χ3v) is 5.09. The van der Waals surface area contributed by atoms with Gasteiger partial charge in [0.1, 0.15) is 0 Å². The Hall–Kier alpha value is -2.53. The van der Waals surface area contributed by atoms with E-state index in [2.05, 4.69) is 16.7 Å². The van der Waals surface area contributed by atoms with Crippen LogP contribution in [0.25, 0.3) is 0 Å². The standard InChI is InChI=1S/C20H23N3OS/c1-21(2)17-8-4-7-16(13-17)20(24)23(15-19-10-6-12-25-19)14-18-9-5-11-22(18)3/h4-13H,14-15H2,1-3H3. The van der Waals surface area contributed by atoms with Crippen LogP contribution in [-0.2, 0) is 20.1 Å². The zero-order chi connectivity index (χ0) is 17.8. The second-order valence-electron chi connectivity index (χ2n) is 6.30. The first kappa shape index (κ1) is 17.3. The molecule has 0 aliphatic rings. The van der Waals surface area contributed by atoms with Gasteiger partial charge in [-0.3, -0.25) is 4.79 Å². The summed E-state index contributed by atoms with van der Waals surface area (Å²) >= 11 is 1.68. The normalized spacial score (nSPS) is 10.7. The van der Waals surface area contributed by atoms with Gasteiger partial charge < -0.3 is 14.4 Å². The molecule has 0 saturated heterocycles. The molecule has 0 atom stereocenters. The highest BCUT2D eigenvalue weighted by Crippen LogP contribution is 2.20. The van der Waals surface area contributed by atoms with E-state index in [4.69, 9.17) is 0 Å². The highest BCUT2D eigenvalue weighted by atomic mass is 32.1. The lowest BCUT2D eigenvalue weighted by Gasteiger charge is -2.23. The average molecular weight is 353 g/mol. The predicted molar refractivity (Wildman–Crippen MR) is 104 cm³/mol. The maximum absolute atomic E-state index is 13.2. The molecule has 0 aliphatic heterocycles. The van der Waals surface area contributed by atoms with Gasteiger partial charge >= 0.3 is 0 Å². The van der Waals surface area contributed by atoms with Crippen molar-refractivity contribution in [2.45, 2.75) is 13.1 Å². The first-order chi connectivity index (χ1) is 12.0. The number of hydrogen-bond donors (Lipinski definition) is 0. The average Bonchev–Trinajstić information content (AvgIpc) is 3.26. The minimum atomic E-state index is 0.0540. The smallest absolute Gasteiger partial charge is 0.254 e. The van der Waals surface area contributed by atoms with Crippen LogP contribution in [0.4, 0.5) is 5.69 Å². The van der Waals surface area contributed by atoms with E-state index in [9.17, 15) is 4.79 Å². The summed E-state index contributed by atoms with van der Waals surface area (Å²) in [6.07, 6.45) is 2.01. The van der Waals surface area contributed by atoms with Crippen LogP contribution >= 0.6 is 11.3 Å². The minimum absolute atomic E-state index is 0.0540. The molecule has 0 N–H and O–H groups in total. The summed E-state index contributed by atoms with van der Waals surface area (Å²) in [7, 11) is 5.98. The van der Waals surface area contributed by atoms with Gasteiger partial charge in [0, 0.05) is 49.2 Å². The minimum Gasteiger partial charge on any atom is -0.378 e. The molecule has 3 rings (SSSR count). The summed E-state index contributed by atoms with van der Waals surface area (Å²) in [6, 6.07) is 16.0. The van der Waals surface area contributed by atoms with Crippen LogP contribution in [0.15, 0.2) is 60.1 Å². The number of carbonyl (C=O) groups excluding carboxylic acids is 1. The highest BCUT2D eigenvalue weighted by molar-refractivity contribution is 7.09. The van der Waals surface area contributed by atoms with Gasteiger partial charge in [-0.2, -0.15) is 0 Å². The van der Waals surface area contributed by atoms with Crippen molar-refractivity contribution in [3.8, 4) is 0 Å². The van der Waals surface area contributed by atoms with Crippen molar-refractivity contribution in [3.05, 3.63) is 76.2 Å². The molecule has 2 aromatic heterocycles. The summed E-state index contributed by atoms with van der Waals surface area (Å²) in [5.74, 6) is 0.0540. The van der Waals surface area contributed by atoms with Crippen LogP contribution in [0.2, 0.25) is 0 Å². The molecular weight excluding hydrogens is 330 g/mol.